The Kier molecular flexibility index (Phi) is 5.94. The molecular weight excluding hydrogens is 235 g/mol. The van der Waals surface area contributed by atoms with E-state index in [2.05, 4.69) is 4.98 Å². The molecule has 1 aromatic rings. The first kappa shape index (κ1) is 13.9. The molecule has 92 valence electrons. The summed E-state index contributed by atoms with van der Waals surface area (Å²) in [4.78, 5) is 4.72. The zero-order valence-electron chi connectivity index (χ0n) is 10.1. The second kappa shape index (κ2) is 7.25. The maximum atomic E-state index is 12.6. The Morgan fingerprint density at radius 1 is 1.59 bits per heavy atom. The summed E-state index contributed by atoms with van der Waals surface area (Å²) in [5.41, 5.74) is 6.86. The van der Waals surface area contributed by atoms with Crippen LogP contribution in [-0.4, -0.2) is 11.0 Å². The van der Waals surface area contributed by atoms with Crippen LogP contribution in [0.3, 0.4) is 0 Å². The molecular formula is C13H17FN2S. The number of rotatable bonds is 5. The highest BCUT2D eigenvalue weighted by molar-refractivity contribution is 8.02. The fraction of sp³-hybridized carbons (Fsp3) is 0.308. The van der Waals surface area contributed by atoms with Crippen LogP contribution in [0, 0.1) is 5.95 Å². The predicted molar refractivity (Wildman–Crippen MR) is 72.0 cm³/mol. The number of nitrogens with zero attached hydrogens (tertiary/aromatic N) is 1. The Hall–Kier alpha value is -1.13. The van der Waals surface area contributed by atoms with E-state index in [0.717, 1.165) is 16.2 Å². The Bertz CT molecular complexity index is 396. The van der Waals surface area contributed by atoms with Gasteiger partial charge in [0.25, 0.3) is 0 Å². The number of hydrogen-bond acceptors (Lipinski definition) is 3. The average Bonchev–Trinajstić information content (AvgIpc) is 2.31. The number of halogens is 1. The molecule has 17 heavy (non-hydrogen) atoms. The summed E-state index contributed by atoms with van der Waals surface area (Å²) in [7, 11) is 0. The summed E-state index contributed by atoms with van der Waals surface area (Å²) in [6.45, 7) is 3.91. The van der Waals surface area contributed by atoms with E-state index in [9.17, 15) is 4.39 Å². The lowest BCUT2D eigenvalue weighted by molar-refractivity contribution is 0.583. The number of thioether (sulfide) groups is 1. The topological polar surface area (TPSA) is 38.9 Å². The largest absolute Gasteiger partial charge is 0.324 e. The molecule has 0 saturated carbocycles. The van der Waals surface area contributed by atoms with Gasteiger partial charge in [-0.15, -0.1) is 11.8 Å². The van der Waals surface area contributed by atoms with Crippen LogP contribution in [0.5, 0.6) is 0 Å². The van der Waals surface area contributed by atoms with E-state index in [1.54, 1.807) is 24.0 Å². The van der Waals surface area contributed by atoms with Gasteiger partial charge in [-0.25, -0.2) is 4.98 Å². The molecule has 0 fully saturated rings. The van der Waals surface area contributed by atoms with Crippen LogP contribution >= 0.6 is 11.8 Å². The lowest BCUT2D eigenvalue weighted by Gasteiger charge is -2.10. The third-order valence-corrected chi connectivity index (χ3v) is 3.41. The average molecular weight is 252 g/mol. The summed E-state index contributed by atoms with van der Waals surface area (Å²) in [6, 6.07) is 3.12. The van der Waals surface area contributed by atoms with Gasteiger partial charge in [0.1, 0.15) is 0 Å². The second-order valence-corrected chi connectivity index (χ2v) is 4.71. The lowest BCUT2D eigenvalue weighted by atomic mass is 10.3. The van der Waals surface area contributed by atoms with Crippen LogP contribution in [0.2, 0.25) is 0 Å². The Labute approximate surface area is 106 Å². The van der Waals surface area contributed by atoms with E-state index in [1.807, 2.05) is 32.1 Å². The third kappa shape index (κ3) is 5.15. The van der Waals surface area contributed by atoms with Crippen molar-refractivity contribution in [3.05, 3.63) is 53.0 Å². The van der Waals surface area contributed by atoms with E-state index >= 15 is 0 Å². The molecule has 0 saturated heterocycles. The minimum atomic E-state index is -0.448. The first-order valence-corrected chi connectivity index (χ1v) is 6.43. The van der Waals surface area contributed by atoms with E-state index in [1.165, 1.54) is 6.07 Å². The molecule has 0 radical (unpaired) electrons. The molecule has 0 spiro atoms. The Morgan fingerprint density at radius 2 is 2.35 bits per heavy atom. The molecule has 0 amide bonds. The highest BCUT2D eigenvalue weighted by Crippen LogP contribution is 2.23. The first-order chi connectivity index (χ1) is 8.13. The second-order valence-electron chi connectivity index (χ2n) is 3.66. The SMILES string of the molecule is C/C=C\C=C(\SCc1ccc(F)nc1)C(C)N. The zero-order valence-corrected chi connectivity index (χ0v) is 10.9. The maximum Gasteiger partial charge on any atom is 0.212 e. The lowest BCUT2D eigenvalue weighted by Crippen LogP contribution is -2.16. The number of hydrogen-bond donors (Lipinski definition) is 1. The molecule has 0 bridgehead atoms. The molecule has 0 aromatic carbocycles. The molecule has 2 nitrogen and oxygen atoms in total. The van der Waals surface area contributed by atoms with Crippen molar-refractivity contribution in [3.63, 3.8) is 0 Å². The van der Waals surface area contributed by atoms with Gasteiger partial charge in [0, 0.05) is 22.9 Å². The molecule has 1 unspecified atom stereocenters. The highest BCUT2D eigenvalue weighted by Gasteiger charge is 2.04. The number of pyridine rings is 1. The van der Waals surface area contributed by atoms with Crippen LogP contribution in [0.25, 0.3) is 0 Å². The van der Waals surface area contributed by atoms with Crippen molar-refractivity contribution in [3.8, 4) is 0 Å². The van der Waals surface area contributed by atoms with Gasteiger partial charge in [0.05, 0.1) is 0 Å². The Morgan fingerprint density at radius 3 is 2.88 bits per heavy atom. The van der Waals surface area contributed by atoms with Crippen molar-refractivity contribution in [1.29, 1.82) is 0 Å². The fourth-order valence-electron chi connectivity index (χ4n) is 1.18. The molecule has 1 heterocycles. The van der Waals surface area contributed by atoms with E-state index < -0.39 is 5.95 Å². The summed E-state index contributed by atoms with van der Waals surface area (Å²) >= 11 is 1.65. The molecule has 0 aliphatic heterocycles. The monoisotopic (exact) mass is 252 g/mol. The maximum absolute atomic E-state index is 12.6. The van der Waals surface area contributed by atoms with Gasteiger partial charge in [0.15, 0.2) is 0 Å². The van der Waals surface area contributed by atoms with Crippen molar-refractivity contribution < 1.29 is 4.39 Å². The molecule has 1 rings (SSSR count). The van der Waals surface area contributed by atoms with E-state index in [0.29, 0.717) is 0 Å². The van der Waals surface area contributed by atoms with E-state index in [-0.39, 0.29) is 6.04 Å². The van der Waals surface area contributed by atoms with Crippen molar-refractivity contribution in [2.45, 2.75) is 25.6 Å². The van der Waals surface area contributed by atoms with Gasteiger partial charge in [-0.3, -0.25) is 0 Å². The summed E-state index contributed by atoms with van der Waals surface area (Å²) < 4.78 is 12.6. The van der Waals surface area contributed by atoms with Gasteiger partial charge in [0.2, 0.25) is 5.95 Å². The Balaban J connectivity index is 2.61. The number of nitrogens with two attached hydrogens (primary N) is 1. The molecule has 4 heteroatoms. The van der Waals surface area contributed by atoms with Gasteiger partial charge in [-0.1, -0.05) is 24.3 Å². The van der Waals surface area contributed by atoms with E-state index in [4.69, 9.17) is 5.73 Å². The van der Waals surface area contributed by atoms with Crippen molar-refractivity contribution >= 4 is 11.8 Å². The standard InChI is InChI=1S/C13H17FN2S/c1-3-4-5-12(10(2)15)17-9-11-6-7-13(14)16-8-11/h3-8,10H,9,15H2,1-2H3/b4-3-,12-5+. The smallest absolute Gasteiger partial charge is 0.212 e. The van der Waals surface area contributed by atoms with Crippen LogP contribution < -0.4 is 5.73 Å². The normalized spacial score (nSPS) is 14.2. The predicted octanol–water partition coefficient (Wildman–Crippen LogP) is 3.26. The fourth-order valence-corrected chi connectivity index (χ4v) is 2.12. The first-order valence-electron chi connectivity index (χ1n) is 5.45. The number of aromatic nitrogens is 1. The van der Waals surface area contributed by atoms with Crippen LogP contribution in [0.1, 0.15) is 19.4 Å². The number of allylic oxidation sites excluding steroid dienone is 3. The molecule has 0 aliphatic carbocycles. The summed E-state index contributed by atoms with van der Waals surface area (Å²) in [5.74, 6) is 0.300. The van der Waals surface area contributed by atoms with Gasteiger partial charge >= 0.3 is 0 Å². The molecule has 1 atom stereocenters. The third-order valence-electron chi connectivity index (χ3n) is 2.10. The zero-order chi connectivity index (χ0) is 12.7. The minimum absolute atomic E-state index is 0.00427. The molecule has 2 N–H and O–H groups in total. The van der Waals surface area contributed by atoms with Gasteiger partial charge < -0.3 is 5.73 Å². The molecule has 0 aliphatic rings. The van der Waals surface area contributed by atoms with Crippen LogP contribution in [0.4, 0.5) is 4.39 Å². The summed E-state index contributed by atoms with van der Waals surface area (Å²) in [5, 5.41) is 0. The van der Waals surface area contributed by atoms with Gasteiger partial charge in [-0.05, 0) is 25.5 Å². The van der Waals surface area contributed by atoms with Crippen molar-refractivity contribution in [1.82, 2.24) is 4.98 Å². The van der Waals surface area contributed by atoms with Crippen molar-refractivity contribution in [2.24, 2.45) is 5.73 Å². The summed E-state index contributed by atoms with van der Waals surface area (Å²) in [6.07, 6.45) is 7.49. The van der Waals surface area contributed by atoms with Crippen LogP contribution in [-0.2, 0) is 5.75 Å². The van der Waals surface area contributed by atoms with Crippen LogP contribution in [0.15, 0.2) is 41.5 Å². The quantitative estimate of drug-likeness (QED) is 0.645. The minimum Gasteiger partial charge on any atom is -0.324 e. The highest BCUT2D eigenvalue weighted by atomic mass is 32.2. The van der Waals surface area contributed by atoms with Crippen molar-refractivity contribution in [2.75, 3.05) is 0 Å². The van der Waals surface area contributed by atoms with Gasteiger partial charge in [-0.2, -0.15) is 4.39 Å². The molecule has 1 aromatic heterocycles.